The second-order valence-electron chi connectivity index (χ2n) is 4.19. The Balaban J connectivity index is 3.33. The fraction of sp³-hybridized carbons (Fsp3) is 0.357. The highest BCUT2D eigenvalue weighted by atomic mass is 79.9. The van der Waals surface area contributed by atoms with Crippen LogP contribution in [-0.2, 0) is 4.79 Å². The van der Waals surface area contributed by atoms with Crippen LogP contribution in [0.1, 0.15) is 26.3 Å². The Bertz CT molecular complexity index is 524. The number of hydrogen-bond acceptors (Lipinski definition) is 3. The molecule has 0 atom stereocenters. The van der Waals surface area contributed by atoms with Crippen molar-refractivity contribution in [3.8, 4) is 11.5 Å². The molecule has 0 fully saturated rings. The highest BCUT2D eigenvalue weighted by Crippen LogP contribution is 2.43. The van der Waals surface area contributed by atoms with Gasteiger partial charge in [0.2, 0.25) is 0 Å². The molecule has 0 spiro atoms. The minimum Gasteiger partial charge on any atom is -0.490 e. The summed E-state index contributed by atoms with van der Waals surface area (Å²) in [6.07, 6.45) is 2.57. The van der Waals surface area contributed by atoms with Gasteiger partial charge in [-0.05, 0) is 70.3 Å². The van der Waals surface area contributed by atoms with E-state index in [1.54, 1.807) is 6.07 Å². The topological polar surface area (TPSA) is 55.8 Å². The summed E-state index contributed by atoms with van der Waals surface area (Å²) >= 11 is 6.88. The molecule has 0 heterocycles. The van der Waals surface area contributed by atoms with Gasteiger partial charge in [0.25, 0.3) is 0 Å². The Morgan fingerprint density at radius 2 is 2.05 bits per heavy atom. The summed E-state index contributed by atoms with van der Waals surface area (Å²) < 4.78 is 12.7. The number of carboxylic acid groups (broad SMARTS) is 1. The molecule has 1 N–H and O–H groups in total. The molecule has 0 aromatic heterocycles. The number of carboxylic acids is 1. The SMILES string of the molecule is CCOc1cc(/C=C/C(=O)O)c(Br)c(Br)c1OC(C)C. The highest BCUT2D eigenvalue weighted by Gasteiger charge is 2.17. The van der Waals surface area contributed by atoms with Crippen LogP contribution in [0.15, 0.2) is 21.1 Å². The molecule has 0 saturated heterocycles. The minimum atomic E-state index is -1.01. The average Bonchev–Trinajstić information content (AvgIpc) is 2.36. The van der Waals surface area contributed by atoms with E-state index in [0.29, 0.717) is 32.6 Å². The van der Waals surface area contributed by atoms with Gasteiger partial charge in [0.15, 0.2) is 11.5 Å². The van der Waals surface area contributed by atoms with E-state index >= 15 is 0 Å². The average molecular weight is 408 g/mol. The largest absolute Gasteiger partial charge is 0.490 e. The molecule has 0 saturated carbocycles. The van der Waals surface area contributed by atoms with E-state index < -0.39 is 5.97 Å². The zero-order valence-corrected chi connectivity index (χ0v) is 14.6. The molecule has 6 heteroatoms. The zero-order chi connectivity index (χ0) is 15.3. The summed E-state index contributed by atoms with van der Waals surface area (Å²) in [6.45, 7) is 6.22. The van der Waals surface area contributed by atoms with Crippen molar-refractivity contribution in [2.45, 2.75) is 26.9 Å². The molecular formula is C14H16Br2O4. The predicted octanol–water partition coefficient (Wildman–Crippen LogP) is 4.50. The van der Waals surface area contributed by atoms with E-state index in [2.05, 4.69) is 31.9 Å². The number of halogens is 2. The molecular weight excluding hydrogens is 392 g/mol. The van der Waals surface area contributed by atoms with Crippen molar-refractivity contribution < 1.29 is 19.4 Å². The predicted molar refractivity (Wildman–Crippen MR) is 85.4 cm³/mol. The van der Waals surface area contributed by atoms with Crippen LogP contribution in [0.5, 0.6) is 11.5 Å². The monoisotopic (exact) mass is 406 g/mol. The third-order valence-electron chi connectivity index (χ3n) is 2.21. The smallest absolute Gasteiger partial charge is 0.328 e. The Hall–Kier alpha value is -1.01. The molecule has 0 radical (unpaired) electrons. The van der Waals surface area contributed by atoms with E-state index in [4.69, 9.17) is 14.6 Å². The summed E-state index contributed by atoms with van der Waals surface area (Å²) in [7, 11) is 0. The lowest BCUT2D eigenvalue weighted by atomic mass is 10.2. The number of rotatable bonds is 6. The van der Waals surface area contributed by atoms with E-state index in [0.717, 1.165) is 6.08 Å². The van der Waals surface area contributed by atoms with E-state index in [-0.39, 0.29) is 6.10 Å². The summed E-state index contributed by atoms with van der Waals surface area (Å²) in [6, 6.07) is 1.75. The first-order valence-corrected chi connectivity index (χ1v) is 7.67. The molecule has 20 heavy (non-hydrogen) atoms. The minimum absolute atomic E-state index is 0.00202. The fourth-order valence-electron chi connectivity index (χ4n) is 1.50. The quantitative estimate of drug-likeness (QED) is 0.705. The number of ether oxygens (including phenoxy) is 2. The van der Waals surface area contributed by atoms with Crippen LogP contribution in [0.2, 0.25) is 0 Å². The molecule has 1 aromatic carbocycles. The number of aliphatic carboxylic acids is 1. The van der Waals surface area contributed by atoms with Crippen LogP contribution in [0.3, 0.4) is 0 Å². The van der Waals surface area contributed by atoms with Gasteiger partial charge in [0, 0.05) is 10.5 Å². The zero-order valence-electron chi connectivity index (χ0n) is 11.4. The van der Waals surface area contributed by atoms with Crippen molar-refractivity contribution in [3.63, 3.8) is 0 Å². The number of hydrogen-bond donors (Lipinski definition) is 1. The van der Waals surface area contributed by atoms with Crippen LogP contribution in [0, 0.1) is 0 Å². The molecule has 0 aliphatic rings. The first kappa shape index (κ1) is 17.0. The maximum atomic E-state index is 10.6. The highest BCUT2D eigenvalue weighted by molar-refractivity contribution is 9.13. The Kier molecular flexibility index (Phi) is 6.55. The van der Waals surface area contributed by atoms with Crippen molar-refractivity contribution >= 4 is 43.9 Å². The molecule has 1 aromatic rings. The molecule has 1 rings (SSSR count). The van der Waals surface area contributed by atoms with Gasteiger partial charge in [0.05, 0.1) is 17.2 Å². The van der Waals surface area contributed by atoms with Crippen LogP contribution in [0.4, 0.5) is 0 Å². The van der Waals surface area contributed by atoms with Crippen molar-refractivity contribution in [3.05, 3.63) is 26.7 Å². The van der Waals surface area contributed by atoms with Gasteiger partial charge < -0.3 is 14.6 Å². The molecule has 110 valence electrons. The van der Waals surface area contributed by atoms with Gasteiger partial charge in [0.1, 0.15) is 0 Å². The van der Waals surface area contributed by atoms with Gasteiger partial charge in [-0.15, -0.1) is 0 Å². The third-order valence-corrected chi connectivity index (χ3v) is 4.36. The molecule has 0 aliphatic carbocycles. The Labute approximate surface area is 135 Å². The van der Waals surface area contributed by atoms with Crippen LogP contribution >= 0.6 is 31.9 Å². The Morgan fingerprint density at radius 3 is 2.55 bits per heavy atom. The number of benzene rings is 1. The van der Waals surface area contributed by atoms with Crippen LogP contribution in [-0.4, -0.2) is 23.8 Å². The first-order valence-electron chi connectivity index (χ1n) is 6.09. The lowest BCUT2D eigenvalue weighted by Gasteiger charge is -2.18. The second-order valence-corrected chi connectivity index (χ2v) is 5.78. The van der Waals surface area contributed by atoms with Gasteiger partial charge >= 0.3 is 5.97 Å². The summed E-state index contributed by atoms with van der Waals surface area (Å²) in [5, 5.41) is 8.71. The van der Waals surface area contributed by atoms with E-state index in [1.165, 1.54) is 6.08 Å². The third kappa shape index (κ3) is 4.52. The van der Waals surface area contributed by atoms with Gasteiger partial charge in [-0.2, -0.15) is 0 Å². The molecule has 0 bridgehead atoms. The van der Waals surface area contributed by atoms with E-state index in [9.17, 15) is 4.79 Å². The Morgan fingerprint density at radius 1 is 1.40 bits per heavy atom. The standard InChI is InChI=1S/C14H16Br2O4/c1-4-19-10-7-9(5-6-11(17)18)12(15)13(16)14(10)20-8(2)3/h5-8H,4H2,1-3H3,(H,17,18)/b6-5+. The van der Waals surface area contributed by atoms with Crippen molar-refractivity contribution in [2.75, 3.05) is 6.61 Å². The molecule has 0 amide bonds. The summed E-state index contributed by atoms with van der Waals surface area (Å²) in [5.41, 5.74) is 0.693. The van der Waals surface area contributed by atoms with Gasteiger partial charge in [-0.1, -0.05) is 0 Å². The molecule has 0 unspecified atom stereocenters. The first-order chi connectivity index (χ1) is 9.36. The van der Waals surface area contributed by atoms with Crippen molar-refractivity contribution in [1.82, 2.24) is 0 Å². The fourth-order valence-corrected chi connectivity index (χ4v) is 2.44. The van der Waals surface area contributed by atoms with Crippen LogP contribution < -0.4 is 9.47 Å². The van der Waals surface area contributed by atoms with Gasteiger partial charge in [-0.25, -0.2) is 4.79 Å². The summed E-state index contributed by atoms with van der Waals surface area (Å²) in [4.78, 5) is 10.6. The second kappa shape index (κ2) is 7.69. The van der Waals surface area contributed by atoms with Crippen molar-refractivity contribution in [2.24, 2.45) is 0 Å². The van der Waals surface area contributed by atoms with Crippen LogP contribution in [0.25, 0.3) is 6.08 Å². The summed E-state index contributed by atoms with van der Waals surface area (Å²) in [5.74, 6) is 0.163. The van der Waals surface area contributed by atoms with E-state index in [1.807, 2.05) is 20.8 Å². The van der Waals surface area contributed by atoms with Crippen molar-refractivity contribution in [1.29, 1.82) is 0 Å². The normalized spacial score (nSPS) is 11.1. The molecule has 4 nitrogen and oxygen atoms in total. The lowest BCUT2D eigenvalue weighted by Crippen LogP contribution is -2.08. The molecule has 0 aliphatic heterocycles. The van der Waals surface area contributed by atoms with Gasteiger partial charge in [-0.3, -0.25) is 0 Å². The lowest BCUT2D eigenvalue weighted by molar-refractivity contribution is -0.131. The maximum absolute atomic E-state index is 10.6. The number of carbonyl (C=O) groups is 1. The maximum Gasteiger partial charge on any atom is 0.328 e.